The lowest BCUT2D eigenvalue weighted by atomic mass is 10.00. The third-order valence-electron chi connectivity index (χ3n) is 4.59. The van der Waals surface area contributed by atoms with Crippen LogP contribution in [0.3, 0.4) is 0 Å². The number of carbonyl (C=O) groups excluding carboxylic acids is 1. The first-order chi connectivity index (χ1) is 15.1. The first-order valence-electron chi connectivity index (χ1n) is 9.46. The Kier molecular flexibility index (Phi) is 5.79. The van der Waals surface area contributed by atoms with Crippen LogP contribution in [0.25, 0.3) is 11.5 Å². The van der Waals surface area contributed by atoms with Crippen LogP contribution < -0.4 is 0 Å². The van der Waals surface area contributed by atoms with Crippen LogP contribution in [0.1, 0.15) is 27.4 Å². The molecule has 1 aromatic heterocycles. The lowest BCUT2D eigenvalue weighted by Gasteiger charge is -2.09. The molecule has 1 heterocycles. The van der Waals surface area contributed by atoms with Gasteiger partial charge in [-0.3, -0.25) is 10.1 Å². The fraction of sp³-hybridized carbons (Fsp3) is 0.0870. The average molecular weight is 415 g/mol. The lowest BCUT2D eigenvalue weighted by Crippen LogP contribution is -2.09. The number of hydrogen-bond acceptors (Lipinski definition) is 7. The molecule has 8 heteroatoms. The molecule has 0 spiro atoms. The quantitative estimate of drug-likeness (QED) is 0.247. The summed E-state index contributed by atoms with van der Waals surface area (Å²) < 4.78 is 10.9. The lowest BCUT2D eigenvalue weighted by molar-refractivity contribution is -0.384. The van der Waals surface area contributed by atoms with Gasteiger partial charge in [-0.1, -0.05) is 48.5 Å². The molecule has 154 valence electrons. The second-order valence-corrected chi connectivity index (χ2v) is 6.70. The molecule has 0 unspecified atom stereocenters. The molecule has 0 bridgehead atoms. The number of benzene rings is 3. The topological polar surface area (TPSA) is 108 Å². The van der Waals surface area contributed by atoms with Gasteiger partial charge in [-0.2, -0.15) is 0 Å². The number of aromatic nitrogens is 2. The monoisotopic (exact) mass is 415 g/mol. The summed E-state index contributed by atoms with van der Waals surface area (Å²) in [7, 11) is 0. The van der Waals surface area contributed by atoms with Crippen molar-refractivity contribution in [3.63, 3.8) is 0 Å². The Hall–Kier alpha value is -4.33. The van der Waals surface area contributed by atoms with Crippen molar-refractivity contribution in [2.75, 3.05) is 0 Å². The molecule has 0 aliphatic carbocycles. The summed E-state index contributed by atoms with van der Waals surface area (Å²) in [5.74, 6) is -0.172. The Labute approximate surface area is 177 Å². The zero-order valence-corrected chi connectivity index (χ0v) is 16.3. The van der Waals surface area contributed by atoms with Crippen molar-refractivity contribution in [2.45, 2.75) is 13.0 Å². The molecule has 0 saturated heterocycles. The minimum absolute atomic E-state index is 0.0356. The van der Waals surface area contributed by atoms with Gasteiger partial charge in [0.15, 0.2) is 6.61 Å². The molecular weight excluding hydrogens is 398 g/mol. The van der Waals surface area contributed by atoms with Gasteiger partial charge in [0.05, 0.1) is 10.5 Å². The van der Waals surface area contributed by atoms with E-state index in [2.05, 4.69) is 10.2 Å². The second kappa shape index (κ2) is 9.00. The van der Waals surface area contributed by atoms with Crippen molar-refractivity contribution in [1.82, 2.24) is 10.2 Å². The van der Waals surface area contributed by atoms with Crippen LogP contribution in [-0.2, 0) is 17.8 Å². The normalized spacial score (nSPS) is 10.6. The highest BCUT2D eigenvalue weighted by Gasteiger charge is 2.16. The number of carbonyl (C=O) groups is 1. The molecule has 0 aliphatic rings. The van der Waals surface area contributed by atoms with E-state index in [0.29, 0.717) is 17.5 Å². The molecule has 4 aromatic rings. The van der Waals surface area contributed by atoms with Gasteiger partial charge in [-0.05, 0) is 35.7 Å². The van der Waals surface area contributed by atoms with Crippen molar-refractivity contribution >= 4 is 11.7 Å². The molecule has 0 amide bonds. The number of nitro benzene ring substituents is 1. The summed E-state index contributed by atoms with van der Waals surface area (Å²) in [6.07, 6.45) is 0.608. The molecule has 3 aromatic carbocycles. The van der Waals surface area contributed by atoms with Crippen molar-refractivity contribution in [2.24, 2.45) is 0 Å². The predicted molar refractivity (Wildman–Crippen MR) is 111 cm³/mol. The molecule has 0 aliphatic heterocycles. The number of rotatable bonds is 7. The van der Waals surface area contributed by atoms with Gasteiger partial charge in [0.1, 0.15) is 0 Å². The van der Waals surface area contributed by atoms with E-state index in [-0.39, 0.29) is 24.1 Å². The van der Waals surface area contributed by atoms with Crippen molar-refractivity contribution in [1.29, 1.82) is 0 Å². The smallest absolute Gasteiger partial charge is 0.338 e. The van der Waals surface area contributed by atoms with E-state index in [9.17, 15) is 14.9 Å². The maximum atomic E-state index is 12.6. The summed E-state index contributed by atoms with van der Waals surface area (Å²) in [4.78, 5) is 22.9. The molecule has 0 saturated carbocycles. The third-order valence-corrected chi connectivity index (χ3v) is 4.59. The van der Waals surface area contributed by atoms with E-state index in [1.54, 1.807) is 12.1 Å². The summed E-state index contributed by atoms with van der Waals surface area (Å²) in [5, 5.41) is 18.5. The highest BCUT2D eigenvalue weighted by atomic mass is 16.6. The largest absolute Gasteiger partial charge is 0.452 e. The molecule has 0 fully saturated rings. The van der Waals surface area contributed by atoms with E-state index >= 15 is 0 Å². The van der Waals surface area contributed by atoms with Crippen LogP contribution >= 0.6 is 0 Å². The maximum absolute atomic E-state index is 12.6. The molecule has 8 nitrogen and oxygen atoms in total. The van der Waals surface area contributed by atoms with E-state index in [1.807, 2.05) is 42.5 Å². The maximum Gasteiger partial charge on any atom is 0.338 e. The predicted octanol–water partition coefficient (Wildman–Crippen LogP) is 4.59. The van der Waals surface area contributed by atoms with Crippen LogP contribution in [0.15, 0.2) is 83.3 Å². The number of nitro groups is 1. The van der Waals surface area contributed by atoms with Crippen molar-refractivity contribution < 1.29 is 18.9 Å². The van der Waals surface area contributed by atoms with Crippen LogP contribution in [0.5, 0.6) is 0 Å². The standard InChI is InChI=1S/C23H17N3O5/c27-23(20-9-5-4-8-18(20)14-16-6-2-1-3-7-16)30-15-21-24-25-22(31-21)17-10-12-19(13-11-17)26(28)29/h1-13H,14-15H2. The van der Waals surface area contributed by atoms with E-state index in [0.717, 1.165) is 11.1 Å². The zero-order chi connectivity index (χ0) is 21.6. The Balaban J connectivity index is 1.42. The molecule has 0 radical (unpaired) electrons. The number of hydrogen-bond donors (Lipinski definition) is 0. The average Bonchev–Trinajstić information content (AvgIpc) is 3.28. The van der Waals surface area contributed by atoms with Crippen LogP contribution in [0, 0.1) is 10.1 Å². The molecule has 0 N–H and O–H groups in total. The molecular formula is C23H17N3O5. The van der Waals surface area contributed by atoms with E-state index in [4.69, 9.17) is 9.15 Å². The highest BCUT2D eigenvalue weighted by molar-refractivity contribution is 5.91. The van der Waals surface area contributed by atoms with E-state index in [1.165, 1.54) is 24.3 Å². The SMILES string of the molecule is O=C(OCc1nnc(-c2ccc([N+](=O)[O-])cc2)o1)c1ccccc1Cc1ccccc1. The Morgan fingerprint density at radius 3 is 2.39 bits per heavy atom. The van der Waals surface area contributed by atoms with Gasteiger partial charge in [0.2, 0.25) is 5.89 Å². The fourth-order valence-electron chi connectivity index (χ4n) is 3.05. The first kappa shape index (κ1) is 20.0. The third kappa shape index (κ3) is 4.81. The van der Waals surface area contributed by atoms with Gasteiger partial charge >= 0.3 is 5.97 Å². The van der Waals surface area contributed by atoms with Crippen molar-refractivity contribution in [3.05, 3.63) is 112 Å². The van der Waals surface area contributed by atoms with Gasteiger partial charge in [-0.25, -0.2) is 4.79 Å². The number of ether oxygens (including phenoxy) is 1. The van der Waals surface area contributed by atoms with Crippen molar-refractivity contribution in [3.8, 4) is 11.5 Å². The zero-order valence-electron chi connectivity index (χ0n) is 16.3. The fourth-order valence-corrected chi connectivity index (χ4v) is 3.05. The Morgan fingerprint density at radius 2 is 1.65 bits per heavy atom. The van der Waals surface area contributed by atoms with Gasteiger partial charge in [0, 0.05) is 17.7 Å². The van der Waals surface area contributed by atoms with Gasteiger partial charge in [0.25, 0.3) is 11.6 Å². The summed E-state index contributed by atoms with van der Waals surface area (Å²) in [6.45, 7) is -0.182. The molecule has 31 heavy (non-hydrogen) atoms. The first-order valence-corrected chi connectivity index (χ1v) is 9.46. The van der Waals surface area contributed by atoms with E-state index < -0.39 is 10.9 Å². The minimum atomic E-state index is -0.488. The van der Waals surface area contributed by atoms with Crippen LogP contribution in [0.2, 0.25) is 0 Å². The number of esters is 1. The second-order valence-electron chi connectivity index (χ2n) is 6.70. The Morgan fingerprint density at radius 1 is 0.935 bits per heavy atom. The summed E-state index contributed by atoms with van der Waals surface area (Å²) >= 11 is 0. The van der Waals surface area contributed by atoms with Crippen LogP contribution in [0.4, 0.5) is 5.69 Å². The number of non-ortho nitro benzene ring substituents is 1. The highest BCUT2D eigenvalue weighted by Crippen LogP contribution is 2.22. The number of nitrogens with zero attached hydrogens (tertiary/aromatic N) is 3. The van der Waals surface area contributed by atoms with Gasteiger partial charge in [-0.15, -0.1) is 10.2 Å². The summed E-state index contributed by atoms with van der Waals surface area (Å²) in [5.41, 5.74) is 2.92. The molecule has 0 atom stereocenters. The van der Waals surface area contributed by atoms with Crippen LogP contribution in [-0.4, -0.2) is 21.1 Å². The molecule has 4 rings (SSSR count). The Bertz CT molecular complexity index is 1200. The summed E-state index contributed by atoms with van der Waals surface area (Å²) in [6, 6.07) is 22.9. The van der Waals surface area contributed by atoms with Gasteiger partial charge < -0.3 is 9.15 Å². The minimum Gasteiger partial charge on any atom is -0.452 e.